The zero-order valence-electron chi connectivity index (χ0n) is 9.45. The molecular formula is C11H10BrClN4O. The van der Waals surface area contributed by atoms with E-state index in [1.54, 1.807) is 6.07 Å². The summed E-state index contributed by atoms with van der Waals surface area (Å²) in [6.07, 6.45) is 1.36. The molecule has 1 heterocycles. The Hall–Kier alpha value is -1.53. The fraction of sp³-hybridized carbons (Fsp3) is 0.0909. The maximum absolute atomic E-state index is 6.01. The van der Waals surface area contributed by atoms with Gasteiger partial charge >= 0.3 is 0 Å². The highest BCUT2D eigenvalue weighted by Gasteiger charge is 2.11. The SMILES string of the molecule is COc1c(N)ncnc1Nc1cccc(Cl)c1Br. The highest BCUT2D eigenvalue weighted by molar-refractivity contribution is 9.10. The number of ether oxygens (including phenoxy) is 1. The van der Waals surface area contributed by atoms with Crippen LogP contribution in [0.3, 0.4) is 0 Å². The molecule has 1 aromatic heterocycles. The van der Waals surface area contributed by atoms with Gasteiger partial charge in [0.2, 0.25) is 5.75 Å². The zero-order chi connectivity index (χ0) is 13.1. The number of hydrogen-bond donors (Lipinski definition) is 2. The third kappa shape index (κ3) is 2.49. The van der Waals surface area contributed by atoms with Crippen LogP contribution in [-0.2, 0) is 0 Å². The second-order valence-electron chi connectivity index (χ2n) is 3.37. The third-order valence-electron chi connectivity index (χ3n) is 2.24. The lowest BCUT2D eigenvalue weighted by molar-refractivity contribution is 0.415. The third-order valence-corrected chi connectivity index (χ3v) is 3.64. The summed E-state index contributed by atoms with van der Waals surface area (Å²) in [4.78, 5) is 7.94. The number of aromatic nitrogens is 2. The van der Waals surface area contributed by atoms with Crippen LogP contribution in [0.25, 0.3) is 0 Å². The van der Waals surface area contributed by atoms with E-state index < -0.39 is 0 Å². The Labute approximate surface area is 117 Å². The molecule has 18 heavy (non-hydrogen) atoms. The molecule has 2 aromatic rings. The molecular weight excluding hydrogens is 320 g/mol. The predicted octanol–water partition coefficient (Wildman–Crippen LogP) is 3.23. The average molecular weight is 330 g/mol. The molecule has 0 fully saturated rings. The highest BCUT2D eigenvalue weighted by Crippen LogP contribution is 2.35. The van der Waals surface area contributed by atoms with E-state index in [1.165, 1.54) is 13.4 Å². The van der Waals surface area contributed by atoms with Crippen LogP contribution in [0.1, 0.15) is 0 Å². The van der Waals surface area contributed by atoms with Gasteiger partial charge in [-0.25, -0.2) is 9.97 Å². The highest BCUT2D eigenvalue weighted by atomic mass is 79.9. The largest absolute Gasteiger partial charge is 0.490 e. The topological polar surface area (TPSA) is 73.1 Å². The molecule has 3 N–H and O–H groups in total. The number of rotatable bonds is 3. The average Bonchev–Trinajstić information content (AvgIpc) is 2.35. The molecule has 0 bridgehead atoms. The van der Waals surface area contributed by atoms with Crippen LogP contribution in [0.2, 0.25) is 5.02 Å². The molecule has 0 unspecified atom stereocenters. The molecule has 0 amide bonds. The van der Waals surface area contributed by atoms with Gasteiger partial charge in [0, 0.05) is 0 Å². The van der Waals surface area contributed by atoms with Crippen molar-refractivity contribution in [2.24, 2.45) is 0 Å². The number of methoxy groups -OCH3 is 1. The summed E-state index contributed by atoms with van der Waals surface area (Å²) in [6, 6.07) is 5.46. The van der Waals surface area contributed by atoms with Gasteiger partial charge in [0.25, 0.3) is 0 Å². The molecule has 2 rings (SSSR count). The second kappa shape index (κ2) is 5.41. The lowest BCUT2D eigenvalue weighted by Crippen LogP contribution is -2.03. The van der Waals surface area contributed by atoms with Crippen LogP contribution >= 0.6 is 27.5 Å². The minimum absolute atomic E-state index is 0.271. The van der Waals surface area contributed by atoms with Crippen molar-refractivity contribution in [3.05, 3.63) is 34.0 Å². The van der Waals surface area contributed by atoms with E-state index in [2.05, 4.69) is 31.2 Å². The van der Waals surface area contributed by atoms with E-state index in [4.69, 9.17) is 22.1 Å². The van der Waals surface area contributed by atoms with Crippen molar-refractivity contribution in [2.75, 3.05) is 18.2 Å². The molecule has 0 radical (unpaired) electrons. The van der Waals surface area contributed by atoms with Crippen LogP contribution in [0.4, 0.5) is 17.3 Å². The number of anilines is 3. The quantitative estimate of drug-likeness (QED) is 0.904. The minimum atomic E-state index is 0.271. The Balaban J connectivity index is 2.40. The predicted molar refractivity (Wildman–Crippen MR) is 75.4 cm³/mol. The first-order valence-corrected chi connectivity index (χ1v) is 6.16. The Morgan fingerprint density at radius 1 is 1.39 bits per heavy atom. The van der Waals surface area contributed by atoms with E-state index in [0.717, 1.165) is 10.2 Å². The number of hydrogen-bond acceptors (Lipinski definition) is 5. The van der Waals surface area contributed by atoms with Gasteiger partial charge < -0.3 is 15.8 Å². The first-order chi connectivity index (χ1) is 8.63. The van der Waals surface area contributed by atoms with Crippen LogP contribution in [0.15, 0.2) is 29.0 Å². The van der Waals surface area contributed by atoms with E-state index in [-0.39, 0.29) is 5.82 Å². The summed E-state index contributed by atoms with van der Waals surface area (Å²) in [5.74, 6) is 1.14. The lowest BCUT2D eigenvalue weighted by atomic mass is 10.3. The number of nitrogen functional groups attached to an aromatic ring is 1. The fourth-order valence-corrected chi connectivity index (χ4v) is 1.94. The normalized spacial score (nSPS) is 10.2. The Morgan fingerprint density at radius 3 is 2.89 bits per heavy atom. The van der Waals surface area contributed by atoms with Crippen molar-refractivity contribution in [3.63, 3.8) is 0 Å². The van der Waals surface area contributed by atoms with Gasteiger partial charge in [-0.1, -0.05) is 17.7 Å². The van der Waals surface area contributed by atoms with Gasteiger partial charge in [-0.05, 0) is 28.1 Å². The molecule has 5 nitrogen and oxygen atoms in total. The van der Waals surface area contributed by atoms with Crippen LogP contribution in [0.5, 0.6) is 5.75 Å². The van der Waals surface area contributed by atoms with Crippen molar-refractivity contribution < 1.29 is 4.74 Å². The van der Waals surface area contributed by atoms with Gasteiger partial charge in [0.1, 0.15) is 6.33 Å². The van der Waals surface area contributed by atoms with Gasteiger partial charge in [0.05, 0.1) is 22.3 Å². The summed E-state index contributed by atoms with van der Waals surface area (Å²) >= 11 is 9.40. The van der Waals surface area contributed by atoms with Crippen molar-refractivity contribution in [1.29, 1.82) is 0 Å². The molecule has 1 aromatic carbocycles. The van der Waals surface area contributed by atoms with Crippen molar-refractivity contribution in [1.82, 2.24) is 9.97 Å². The van der Waals surface area contributed by atoms with Crippen molar-refractivity contribution in [3.8, 4) is 5.75 Å². The van der Waals surface area contributed by atoms with E-state index in [9.17, 15) is 0 Å². The molecule has 0 saturated heterocycles. The van der Waals surface area contributed by atoms with Gasteiger partial charge in [-0.2, -0.15) is 0 Å². The molecule has 0 aliphatic carbocycles. The van der Waals surface area contributed by atoms with Gasteiger partial charge in [-0.15, -0.1) is 0 Å². The summed E-state index contributed by atoms with van der Waals surface area (Å²) in [6.45, 7) is 0. The van der Waals surface area contributed by atoms with E-state index >= 15 is 0 Å². The van der Waals surface area contributed by atoms with Crippen LogP contribution in [-0.4, -0.2) is 17.1 Å². The minimum Gasteiger partial charge on any atom is -0.490 e. The van der Waals surface area contributed by atoms with Crippen molar-refractivity contribution in [2.45, 2.75) is 0 Å². The number of nitrogens with zero attached hydrogens (tertiary/aromatic N) is 2. The Morgan fingerprint density at radius 2 is 2.17 bits per heavy atom. The smallest absolute Gasteiger partial charge is 0.204 e. The van der Waals surface area contributed by atoms with Crippen molar-refractivity contribution >= 4 is 44.9 Å². The molecule has 0 saturated carbocycles. The zero-order valence-corrected chi connectivity index (χ0v) is 11.8. The monoisotopic (exact) mass is 328 g/mol. The molecule has 7 heteroatoms. The first-order valence-electron chi connectivity index (χ1n) is 4.99. The number of nitrogens with two attached hydrogens (primary N) is 1. The molecule has 94 valence electrons. The fourth-order valence-electron chi connectivity index (χ4n) is 1.41. The molecule has 0 atom stereocenters. The van der Waals surface area contributed by atoms with Gasteiger partial charge in [-0.3, -0.25) is 0 Å². The van der Waals surface area contributed by atoms with Crippen LogP contribution in [0, 0.1) is 0 Å². The van der Waals surface area contributed by atoms with Crippen LogP contribution < -0.4 is 15.8 Å². The number of nitrogens with one attached hydrogen (secondary N) is 1. The number of benzene rings is 1. The second-order valence-corrected chi connectivity index (χ2v) is 4.57. The maximum atomic E-state index is 6.01. The standard InChI is InChI=1S/C11H10BrClN4O/c1-18-9-10(14)15-5-16-11(9)17-7-4-2-3-6(13)8(7)12/h2-5H,1H3,(H3,14,15,16,17). The molecule has 0 aliphatic heterocycles. The first kappa shape index (κ1) is 12.9. The van der Waals surface area contributed by atoms with E-state index in [1.807, 2.05) is 12.1 Å². The summed E-state index contributed by atoms with van der Waals surface area (Å²) in [5.41, 5.74) is 6.46. The summed E-state index contributed by atoms with van der Waals surface area (Å²) in [7, 11) is 1.51. The summed E-state index contributed by atoms with van der Waals surface area (Å²) < 4.78 is 5.90. The maximum Gasteiger partial charge on any atom is 0.204 e. The van der Waals surface area contributed by atoms with E-state index in [0.29, 0.717) is 16.6 Å². The Kier molecular flexibility index (Phi) is 3.88. The Bertz CT molecular complexity index is 579. The van der Waals surface area contributed by atoms with Gasteiger partial charge in [0.15, 0.2) is 11.6 Å². The summed E-state index contributed by atoms with van der Waals surface area (Å²) in [5, 5.41) is 3.68. The molecule has 0 spiro atoms. The molecule has 0 aliphatic rings. The number of halogens is 2. The lowest BCUT2D eigenvalue weighted by Gasteiger charge is -2.12.